The summed E-state index contributed by atoms with van der Waals surface area (Å²) in [6, 6.07) is -2.18. The summed E-state index contributed by atoms with van der Waals surface area (Å²) in [5.41, 5.74) is 4.82. The maximum atomic E-state index is 11.3. The third-order valence-electron chi connectivity index (χ3n) is 1.98. The summed E-state index contributed by atoms with van der Waals surface area (Å²) in [7, 11) is 1.11. The van der Waals surface area contributed by atoms with Crippen molar-refractivity contribution in [2.24, 2.45) is 5.73 Å². The number of urea groups is 1. The Balaban J connectivity index is 3.98. The maximum absolute atomic E-state index is 11.3. The number of amides is 3. The van der Waals surface area contributed by atoms with Gasteiger partial charge in [-0.15, -0.1) is 0 Å². The quantitative estimate of drug-likeness (QED) is 0.277. The minimum absolute atomic E-state index is 0.0328. The molecular formula is C10H17N3O7. The smallest absolute Gasteiger partial charge is 0.326 e. The average Bonchev–Trinajstić information content (AvgIpc) is 2.36. The summed E-state index contributed by atoms with van der Waals surface area (Å²) < 4.78 is 9.08. The van der Waals surface area contributed by atoms with Gasteiger partial charge in [0.05, 0.1) is 20.1 Å². The van der Waals surface area contributed by atoms with E-state index in [4.69, 9.17) is 15.6 Å². The van der Waals surface area contributed by atoms with E-state index in [-0.39, 0.29) is 19.8 Å². The van der Waals surface area contributed by atoms with Gasteiger partial charge in [-0.1, -0.05) is 0 Å². The molecule has 0 fully saturated rings. The number of carbonyl (C=O) groups excluding carboxylic acids is 3. The van der Waals surface area contributed by atoms with Crippen molar-refractivity contribution in [1.29, 1.82) is 0 Å². The predicted octanol–water partition coefficient (Wildman–Crippen LogP) is -2.20. The van der Waals surface area contributed by atoms with Crippen LogP contribution in [0.3, 0.4) is 0 Å². The van der Waals surface area contributed by atoms with Crippen LogP contribution in [0.15, 0.2) is 0 Å². The molecule has 0 aromatic carbocycles. The molecule has 114 valence electrons. The number of aliphatic carboxylic acids is 1. The van der Waals surface area contributed by atoms with Gasteiger partial charge in [0.1, 0.15) is 12.6 Å². The summed E-state index contributed by atoms with van der Waals surface area (Å²) in [6.07, 6.45) is -0.489. The van der Waals surface area contributed by atoms with Gasteiger partial charge in [-0.3, -0.25) is 9.59 Å². The van der Waals surface area contributed by atoms with Crippen molar-refractivity contribution >= 4 is 23.9 Å². The molecule has 0 rings (SSSR count). The minimum Gasteiger partial charge on any atom is -0.480 e. The Morgan fingerprint density at radius 3 is 2.45 bits per heavy atom. The lowest BCUT2D eigenvalue weighted by molar-refractivity contribution is -0.147. The first-order valence-electron chi connectivity index (χ1n) is 5.56. The fourth-order valence-corrected chi connectivity index (χ4v) is 1.07. The third kappa shape index (κ3) is 8.69. The number of hydrogen-bond donors (Lipinski definition) is 4. The Bertz CT molecular complexity index is 372. The zero-order valence-corrected chi connectivity index (χ0v) is 10.9. The maximum Gasteiger partial charge on any atom is 0.326 e. The Morgan fingerprint density at radius 2 is 1.95 bits per heavy atom. The lowest BCUT2D eigenvalue weighted by Crippen LogP contribution is -2.47. The first-order valence-corrected chi connectivity index (χ1v) is 5.56. The highest BCUT2D eigenvalue weighted by Crippen LogP contribution is 1.94. The van der Waals surface area contributed by atoms with Crippen molar-refractivity contribution in [2.45, 2.75) is 12.5 Å². The molecule has 0 aliphatic rings. The van der Waals surface area contributed by atoms with Gasteiger partial charge in [-0.2, -0.15) is 0 Å². The van der Waals surface area contributed by atoms with E-state index in [1.165, 1.54) is 0 Å². The first-order chi connectivity index (χ1) is 9.36. The topological polar surface area (TPSA) is 157 Å². The lowest BCUT2D eigenvalue weighted by Gasteiger charge is -2.14. The van der Waals surface area contributed by atoms with E-state index in [9.17, 15) is 19.2 Å². The van der Waals surface area contributed by atoms with Crippen molar-refractivity contribution in [3.63, 3.8) is 0 Å². The molecule has 0 bridgehead atoms. The van der Waals surface area contributed by atoms with Crippen molar-refractivity contribution < 1.29 is 33.8 Å². The molecule has 0 aromatic rings. The second-order valence-electron chi connectivity index (χ2n) is 3.59. The number of carbonyl (C=O) groups is 4. The van der Waals surface area contributed by atoms with Crippen LogP contribution in [0.2, 0.25) is 0 Å². The highest BCUT2D eigenvalue weighted by Gasteiger charge is 2.23. The standard InChI is InChI=1S/C10H17N3O7/c1-19-8(15)4-6(9(16)17)13-10(18)12-2-3-20-5-7(11)14/h6H,2-5H2,1H3,(H2,11,14)(H,16,17)(H2,12,13,18)/t6-/m0/s1. The van der Waals surface area contributed by atoms with Crippen molar-refractivity contribution in [2.75, 3.05) is 26.9 Å². The Kier molecular flexibility index (Phi) is 8.43. The fourth-order valence-electron chi connectivity index (χ4n) is 1.07. The van der Waals surface area contributed by atoms with E-state index in [0.29, 0.717) is 0 Å². The van der Waals surface area contributed by atoms with Crippen molar-refractivity contribution in [1.82, 2.24) is 10.6 Å². The molecule has 0 spiro atoms. The van der Waals surface area contributed by atoms with Crippen LogP contribution in [-0.2, 0) is 23.9 Å². The number of primary amides is 1. The monoisotopic (exact) mass is 291 g/mol. The van der Waals surface area contributed by atoms with E-state index in [2.05, 4.69) is 15.4 Å². The van der Waals surface area contributed by atoms with E-state index >= 15 is 0 Å². The van der Waals surface area contributed by atoms with Crippen LogP contribution >= 0.6 is 0 Å². The lowest BCUT2D eigenvalue weighted by atomic mass is 10.2. The molecule has 10 heteroatoms. The summed E-state index contributed by atoms with van der Waals surface area (Å²) in [5.74, 6) is -2.77. The normalized spacial score (nSPS) is 11.2. The first kappa shape index (κ1) is 17.6. The molecule has 0 heterocycles. The molecular weight excluding hydrogens is 274 g/mol. The second-order valence-corrected chi connectivity index (χ2v) is 3.59. The Labute approximate surface area is 114 Å². The van der Waals surface area contributed by atoms with Crippen molar-refractivity contribution in [3.8, 4) is 0 Å². The highest BCUT2D eigenvalue weighted by atomic mass is 16.5. The van der Waals surface area contributed by atoms with Gasteiger partial charge in [0.15, 0.2) is 0 Å². The zero-order valence-electron chi connectivity index (χ0n) is 10.9. The number of carboxylic acids is 1. The number of methoxy groups -OCH3 is 1. The van der Waals surface area contributed by atoms with Gasteiger partial charge in [-0.05, 0) is 0 Å². The van der Waals surface area contributed by atoms with Crippen LogP contribution < -0.4 is 16.4 Å². The molecule has 0 aliphatic carbocycles. The number of ether oxygens (including phenoxy) is 2. The van der Waals surface area contributed by atoms with Crippen LogP contribution in [0.25, 0.3) is 0 Å². The van der Waals surface area contributed by atoms with Gasteiger partial charge in [-0.25, -0.2) is 9.59 Å². The molecule has 0 aromatic heterocycles. The van der Waals surface area contributed by atoms with E-state index in [1.807, 2.05) is 0 Å². The van der Waals surface area contributed by atoms with Gasteiger partial charge in [0, 0.05) is 6.54 Å². The van der Waals surface area contributed by atoms with Crippen LogP contribution in [0.4, 0.5) is 4.79 Å². The molecule has 1 atom stereocenters. The molecule has 0 aliphatic heterocycles. The largest absolute Gasteiger partial charge is 0.480 e. The molecule has 0 saturated heterocycles. The molecule has 5 N–H and O–H groups in total. The van der Waals surface area contributed by atoms with Crippen LogP contribution in [0, 0.1) is 0 Å². The molecule has 0 radical (unpaired) electrons. The summed E-state index contributed by atoms with van der Waals surface area (Å²) in [5, 5.41) is 13.2. The summed E-state index contributed by atoms with van der Waals surface area (Å²) in [6.45, 7) is -0.196. The number of nitrogens with two attached hydrogens (primary N) is 1. The summed E-state index contributed by atoms with van der Waals surface area (Å²) >= 11 is 0. The fraction of sp³-hybridized carbons (Fsp3) is 0.600. The Hall–Kier alpha value is -2.36. The van der Waals surface area contributed by atoms with Gasteiger partial charge in [0.25, 0.3) is 0 Å². The predicted molar refractivity (Wildman–Crippen MR) is 64.6 cm³/mol. The van der Waals surface area contributed by atoms with E-state index in [1.54, 1.807) is 0 Å². The Morgan fingerprint density at radius 1 is 1.30 bits per heavy atom. The summed E-state index contributed by atoms with van der Waals surface area (Å²) in [4.78, 5) is 43.4. The van der Waals surface area contributed by atoms with Gasteiger partial charge < -0.3 is 30.9 Å². The zero-order chi connectivity index (χ0) is 15.5. The third-order valence-corrected chi connectivity index (χ3v) is 1.98. The van der Waals surface area contributed by atoms with Crippen LogP contribution in [0.1, 0.15) is 6.42 Å². The number of nitrogens with one attached hydrogen (secondary N) is 2. The second kappa shape index (κ2) is 9.55. The molecule has 10 nitrogen and oxygen atoms in total. The molecule has 20 heavy (non-hydrogen) atoms. The SMILES string of the molecule is COC(=O)C[C@H](NC(=O)NCCOCC(N)=O)C(=O)O. The van der Waals surface area contributed by atoms with Gasteiger partial charge >= 0.3 is 18.0 Å². The minimum atomic E-state index is -1.39. The van der Waals surface area contributed by atoms with Crippen LogP contribution in [-0.4, -0.2) is 61.9 Å². The number of hydrogen-bond acceptors (Lipinski definition) is 6. The highest BCUT2D eigenvalue weighted by molar-refractivity contribution is 5.86. The number of carboxylic acid groups (broad SMARTS) is 1. The number of rotatable bonds is 9. The van der Waals surface area contributed by atoms with Crippen molar-refractivity contribution in [3.05, 3.63) is 0 Å². The van der Waals surface area contributed by atoms with Crippen LogP contribution in [0.5, 0.6) is 0 Å². The average molecular weight is 291 g/mol. The number of esters is 1. The van der Waals surface area contributed by atoms with Gasteiger partial charge in [0.2, 0.25) is 5.91 Å². The molecule has 0 unspecified atom stereocenters. The molecule has 0 saturated carbocycles. The molecule has 3 amide bonds. The van der Waals surface area contributed by atoms with E-state index in [0.717, 1.165) is 7.11 Å². The van der Waals surface area contributed by atoms with E-state index < -0.39 is 36.3 Å².